The Kier molecular flexibility index (Phi) is 3.75. The van der Waals surface area contributed by atoms with Crippen LogP contribution in [0.25, 0.3) is 21.7 Å². The Morgan fingerprint density at radius 3 is 2.58 bits per heavy atom. The Labute approximate surface area is 140 Å². The van der Waals surface area contributed by atoms with E-state index in [0.717, 1.165) is 37.0 Å². The second-order valence-corrected chi connectivity index (χ2v) is 6.57. The van der Waals surface area contributed by atoms with Gasteiger partial charge in [0.2, 0.25) is 0 Å². The van der Waals surface area contributed by atoms with Crippen molar-refractivity contribution in [3.63, 3.8) is 0 Å². The van der Waals surface area contributed by atoms with Crippen LogP contribution in [0.15, 0.2) is 41.2 Å². The second-order valence-electron chi connectivity index (χ2n) is 6.57. The van der Waals surface area contributed by atoms with Crippen LogP contribution in [0.3, 0.4) is 0 Å². The first-order valence-electron chi connectivity index (χ1n) is 8.30. The van der Waals surface area contributed by atoms with Gasteiger partial charge in [-0.2, -0.15) is 0 Å². The fraction of sp³-hybridized carbons (Fsp3) is 0.316. The quantitative estimate of drug-likeness (QED) is 0.710. The number of hydrogen-bond acceptors (Lipinski definition) is 4. The minimum atomic E-state index is -0.199. The number of likely N-dealkylation sites (N-methyl/N-ethyl adjacent to an activating group) is 1. The van der Waals surface area contributed by atoms with Crippen molar-refractivity contribution in [1.29, 1.82) is 0 Å². The third-order valence-electron chi connectivity index (χ3n) is 4.96. The van der Waals surface area contributed by atoms with Gasteiger partial charge in [0, 0.05) is 43.5 Å². The molecule has 5 heteroatoms. The van der Waals surface area contributed by atoms with Crippen molar-refractivity contribution in [2.24, 2.45) is 0 Å². The molecule has 2 aromatic carbocycles. The van der Waals surface area contributed by atoms with Crippen molar-refractivity contribution in [3.8, 4) is 5.75 Å². The molecule has 0 radical (unpaired) electrons. The lowest BCUT2D eigenvalue weighted by Crippen LogP contribution is -2.44. The van der Waals surface area contributed by atoms with Gasteiger partial charge in [-0.25, -0.2) is 0 Å². The SMILES string of the molecule is CN1CCN(Cc2c(O)c3ccc4ccccc4c3[nH]c2=O)CC1. The monoisotopic (exact) mass is 323 g/mol. The summed E-state index contributed by atoms with van der Waals surface area (Å²) < 4.78 is 0. The molecule has 0 saturated carbocycles. The van der Waals surface area contributed by atoms with Crippen molar-refractivity contribution >= 4 is 21.7 Å². The summed E-state index contributed by atoms with van der Waals surface area (Å²) in [6, 6.07) is 11.7. The van der Waals surface area contributed by atoms with E-state index in [4.69, 9.17) is 0 Å². The molecule has 0 aliphatic carbocycles. The summed E-state index contributed by atoms with van der Waals surface area (Å²) in [7, 11) is 2.10. The molecule has 2 heterocycles. The maximum Gasteiger partial charge on any atom is 0.256 e. The number of nitrogens with one attached hydrogen (secondary N) is 1. The predicted molar refractivity (Wildman–Crippen MR) is 96.5 cm³/mol. The minimum absolute atomic E-state index is 0.110. The van der Waals surface area contributed by atoms with Gasteiger partial charge in [-0.1, -0.05) is 30.3 Å². The molecule has 124 valence electrons. The van der Waals surface area contributed by atoms with Crippen LogP contribution < -0.4 is 5.56 Å². The molecule has 3 aromatic rings. The van der Waals surface area contributed by atoms with Crippen molar-refractivity contribution < 1.29 is 5.11 Å². The number of benzene rings is 2. The number of fused-ring (bicyclic) bond motifs is 3. The fourth-order valence-corrected chi connectivity index (χ4v) is 3.44. The van der Waals surface area contributed by atoms with E-state index in [-0.39, 0.29) is 11.3 Å². The number of aromatic amines is 1. The van der Waals surface area contributed by atoms with E-state index in [9.17, 15) is 9.90 Å². The van der Waals surface area contributed by atoms with Gasteiger partial charge in [0.25, 0.3) is 5.56 Å². The highest BCUT2D eigenvalue weighted by molar-refractivity contribution is 6.07. The molecule has 0 unspecified atom stereocenters. The Morgan fingerprint density at radius 1 is 1.04 bits per heavy atom. The fourth-order valence-electron chi connectivity index (χ4n) is 3.44. The van der Waals surface area contributed by atoms with Crippen LogP contribution >= 0.6 is 0 Å². The van der Waals surface area contributed by atoms with Crippen LogP contribution in [-0.4, -0.2) is 53.1 Å². The zero-order valence-electron chi connectivity index (χ0n) is 13.7. The maximum absolute atomic E-state index is 12.6. The molecule has 5 nitrogen and oxygen atoms in total. The molecule has 1 fully saturated rings. The molecule has 2 N–H and O–H groups in total. The smallest absolute Gasteiger partial charge is 0.256 e. The molecule has 0 amide bonds. The van der Waals surface area contributed by atoms with Crippen LogP contribution in [0, 0.1) is 0 Å². The number of H-pyrrole nitrogens is 1. The van der Waals surface area contributed by atoms with Crippen molar-refractivity contribution in [1.82, 2.24) is 14.8 Å². The number of rotatable bonds is 2. The van der Waals surface area contributed by atoms with Gasteiger partial charge in [-0.3, -0.25) is 9.69 Å². The first-order chi connectivity index (χ1) is 11.6. The topological polar surface area (TPSA) is 59.6 Å². The molecule has 0 spiro atoms. The van der Waals surface area contributed by atoms with E-state index in [1.165, 1.54) is 0 Å². The van der Waals surface area contributed by atoms with Crippen molar-refractivity contribution in [3.05, 3.63) is 52.3 Å². The van der Waals surface area contributed by atoms with E-state index in [0.29, 0.717) is 23.0 Å². The number of piperazine rings is 1. The standard InChI is InChI=1S/C19H21N3O2/c1-21-8-10-22(11-9-21)12-16-18(23)15-7-6-13-4-2-3-5-14(13)17(15)20-19(16)24/h2-7H,8-12H2,1H3,(H2,20,23,24). The lowest BCUT2D eigenvalue weighted by molar-refractivity contribution is 0.147. The summed E-state index contributed by atoms with van der Waals surface area (Å²) in [5.41, 5.74) is 0.968. The molecule has 0 atom stereocenters. The molecule has 24 heavy (non-hydrogen) atoms. The van der Waals surface area contributed by atoms with Gasteiger partial charge in [0.1, 0.15) is 5.75 Å². The Morgan fingerprint density at radius 2 is 1.79 bits per heavy atom. The van der Waals surface area contributed by atoms with E-state index in [2.05, 4.69) is 21.8 Å². The zero-order chi connectivity index (χ0) is 16.7. The summed E-state index contributed by atoms with van der Waals surface area (Å²) in [5.74, 6) is 0.110. The molecule has 1 saturated heterocycles. The first-order valence-corrected chi connectivity index (χ1v) is 8.30. The number of hydrogen-bond donors (Lipinski definition) is 2. The van der Waals surface area contributed by atoms with Crippen LogP contribution in [0.2, 0.25) is 0 Å². The van der Waals surface area contributed by atoms with Gasteiger partial charge in [-0.15, -0.1) is 0 Å². The Bertz CT molecular complexity index is 956. The minimum Gasteiger partial charge on any atom is -0.507 e. The Hall–Kier alpha value is -2.37. The highest BCUT2D eigenvalue weighted by atomic mass is 16.3. The molecule has 4 rings (SSSR count). The van der Waals surface area contributed by atoms with E-state index >= 15 is 0 Å². The van der Waals surface area contributed by atoms with Crippen molar-refractivity contribution in [2.75, 3.05) is 33.2 Å². The molecule has 1 aliphatic rings. The van der Waals surface area contributed by atoms with Crippen LogP contribution in [0.5, 0.6) is 5.75 Å². The summed E-state index contributed by atoms with van der Waals surface area (Å²) in [4.78, 5) is 20.1. The molecule has 0 bridgehead atoms. The molecular formula is C19H21N3O2. The lowest BCUT2D eigenvalue weighted by Gasteiger charge is -2.32. The average molecular weight is 323 g/mol. The number of pyridine rings is 1. The van der Waals surface area contributed by atoms with E-state index in [1.807, 2.05) is 36.4 Å². The molecule has 1 aromatic heterocycles. The largest absolute Gasteiger partial charge is 0.507 e. The zero-order valence-corrected chi connectivity index (χ0v) is 13.7. The van der Waals surface area contributed by atoms with Crippen LogP contribution in [0.4, 0.5) is 0 Å². The second kappa shape index (κ2) is 5.92. The predicted octanol–water partition coefficient (Wildman–Crippen LogP) is 2.13. The van der Waals surface area contributed by atoms with Gasteiger partial charge in [-0.05, 0) is 18.5 Å². The highest BCUT2D eigenvalue weighted by Gasteiger charge is 2.19. The van der Waals surface area contributed by atoms with Crippen molar-refractivity contribution in [2.45, 2.75) is 6.54 Å². The lowest BCUT2D eigenvalue weighted by atomic mass is 10.0. The first kappa shape index (κ1) is 15.2. The maximum atomic E-state index is 12.6. The molecule has 1 aliphatic heterocycles. The van der Waals surface area contributed by atoms with Crippen LogP contribution in [0.1, 0.15) is 5.56 Å². The van der Waals surface area contributed by atoms with Gasteiger partial charge < -0.3 is 15.0 Å². The van der Waals surface area contributed by atoms with E-state index in [1.54, 1.807) is 0 Å². The third kappa shape index (κ3) is 2.56. The average Bonchev–Trinajstić information content (AvgIpc) is 2.60. The number of aromatic nitrogens is 1. The number of aromatic hydroxyl groups is 1. The van der Waals surface area contributed by atoms with Gasteiger partial charge in [0.15, 0.2) is 0 Å². The number of nitrogens with zero attached hydrogens (tertiary/aromatic N) is 2. The molecular weight excluding hydrogens is 302 g/mol. The summed E-state index contributed by atoms with van der Waals surface area (Å²) in [6.07, 6.45) is 0. The highest BCUT2D eigenvalue weighted by Crippen LogP contribution is 2.30. The normalized spacial score (nSPS) is 16.9. The third-order valence-corrected chi connectivity index (χ3v) is 4.96. The van der Waals surface area contributed by atoms with Gasteiger partial charge >= 0.3 is 0 Å². The van der Waals surface area contributed by atoms with E-state index < -0.39 is 0 Å². The van der Waals surface area contributed by atoms with Crippen LogP contribution in [-0.2, 0) is 6.54 Å². The summed E-state index contributed by atoms with van der Waals surface area (Å²) in [6.45, 7) is 4.27. The summed E-state index contributed by atoms with van der Waals surface area (Å²) in [5, 5.41) is 13.4. The van der Waals surface area contributed by atoms with Gasteiger partial charge in [0.05, 0.1) is 11.1 Å². The summed E-state index contributed by atoms with van der Waals surface area (Å²) >= 11 is 0. The Balaban J connectivity index is 1.80.